The molecule has 19 heavy (non-hydrogen) atoms. The summed E-state index contributed by atoms with van der Waals surface area (Å²) >= 11 is 2.00. The minimum Gasteiger partial charge on any atom is -0.346 e. The molecule has 0 fully saturated rings. The van der Waals surface area contributed by atoms with Gasteiger partial charge in [-0.25, -0.2) is 0 Å². The predicted molar refractivity (Wildman–Crippen MR) is 86.9 cm³/mol. The van der Waals surface area contributed by atoms with Gasteiger partial charge in [-0.2, -0.15) is 11.8 Å². The minimum atomic E-state index is 0.797. The summed E-state index contributed by atoms with van der Waals surface area (Å²) in [6.07, 6.45) is 5.79. The number of thioether (sulfide) groups is 1. The van der Waals surface area contributed by atoms with Gasteiger partial charge in [-0.15, -0.1) is 0 Å². The van der Waals surface area contributed by atoms with E-state index in [-0.39, 0.29) is 0 Å². The number of aromatic nitrogens is 1. The Labute approximate surface area is 120 Å². The second kappa shape index (κ2) is 7.61. The average Bonchev–Trinajstić information content (AvgIpc) is 2.79. The summed E-state index contributed by atoms with van der Waals surface area (Å²) < 4.78 is 2.41. The van der Waals surface area contributed by atoms with Crippen molar-refractivity contribution in [2.45, 2.75) is 32.7 Å². The Balaban J connectivity index is 2.16. The molecule has 104 valence electrons. The highest BCUT2D eigenvalue weighted by Crippen LogP contribution is 2.23. The van der Waals surface area contributed by atoms with Gasteiger partial charge in [0.2, 0.25) is 0 Å². The number of unbranched alkanes of at least 4 members (excludes halogenated alkanes) is 1. The number of nitrogens with two attached hydrogens (primary N) is 1. The van der Waals surface area contributed by atoms with E-state index < -0.39 is 0 Å². The van der Waals surface area contributed by atoms with Crippen LogP contribution in [0.15, 0.2) is 30.5 Å². The molecule has 1 aromatic carbocycles. The van der Waals surface area contributed by atoms with Crippen molar-refractivity contribution < 1.29 is 0 Å². The fourth-order valence-electron chi connectivity index (χ4n) is 2.47. The lowest BCUT2D eigenvalue weighted by atomic mass is 10.1. The summed E-state index contributed by atoms with van der Waals surface area (Å²) in [5.74, 6) is 2.39. The van der Waals surface area contributed by atoms with Gasteiger partial charge in [0.1, 0.15) is 0 Å². The first-order chi connectivity index (χ1) is 9.36. The van der Waals surface area contributed by atoms with Crippen molar-refractivity contribution in [3.05, 3.63) is 36.0 Å². The fraction of sp³-hybridized carbons (Fsp3) is 0.500. The Kier molecular flexibility index (Phi) is 5.80. The molecule has 0 spiro atoms. The van der Waals surface area contributed by atoms with Crippen molar-refractivity contribution in [3.8, 4) is 0 Å². The van der Waals surface area contributed by atoms with Crippen LogP contribution in [0.1, 0.15) is 25.3 Å². The molecule has 1 heterocycles. The highest BCUT2D eigenvalue weighted by Gasteiger charge is 2.07. The smallest absolute Gasteiger partial charge is 0.0483 e. The van der Waals surface area contributed by atoms with E-state index in [4.69, 9.17) is 5.73 Å². The second-order valence-electron chi connectivity index (χ2n) is 4.81. The number of benzene rings is 1. The first-order valence-corrected chi connectivity index (χ1v) is 8.37. The second-order valence-corrected chi connectivity index (χ2v) is 6.20. The molecule has 0 radical (unpaired) electrons. The lowest BCUT2D eigenvalue weighted by Gasteiger charge is -2.03. The van der Waals surface area contributed by atoms with Gasteiger partial charge in [0.25, 0.3) is 0 Å². The zero-order valence-electron chi connectivity index (χ0n) is 11.8. The fourth-order valence-corrected chi connectivity index (χ4v) is 3.09. The summed E-state index contributed by atoms with van der Waals surface area (Å²) in [4.78, 5) is 0. The quantitative estimate of drug-likeness (QED) is 0.746. The average molecular weight is 276 g/mol. The van der Waals surface area contributed by atoms with Gasteiger partial charge >= 0.3 is 0 Å². The van der Waals surface area contributed by atoms with Crippen molar-refractivity contribution in [1.82, 2.24) is 4.57 Å². The molecule has 1 aromatic heterocycles. The highest BCUT2D eigenvalue weighted by molar-refractivity contribution is 7.99. The summed E-state index contributed by atoms with van der Waals surface area (Å²) in [5, 5.41) is 1.42. The maximum absolute atomic E-state index is 5.58. The molecule has 0 saturated heterocycles. The van der Waals surface area contributed by atoms with E-state index in [1.54, 1.807) is 0 Å². The van der Waals surface area contributed by atoms with Crippen LogP contribution in [-0.4, -0.2) is 22.6 Å². The first-order valence-electron chi connectivity index (χ1n) is 7.21. The zero-order chi connectivity index (χ0) is 13.5. The molecule has 0 aliphatic rings. The van der Waals surface area contributed by atoms with Crippen molar-refractivity contribution in [2.24, 2.45) is 5.73 Å². The predicted octanol–water partition coefficient (Wildman–Crippen LogP) is 3.68. The molecule has 0 aliphatic carbocycles. The van der Waals surface area contributed by atoms with Crippen LogP contribution in [0.5, 0.6) is 0 Å². The topological polar surface area (TPSA) is 30.9 Å². The Bertz CT molecular complexity index is 460. The first kappa shape index (κ1) is 14.5. The minimum absolute atomic E-state index is 0.797. The van der Waals surface area contributed by atoms with Crippen LogP contribution in [0, 0.1) is 0 Å². The van der Waals surface area contributed by atoms with Gasteiger partial charge in [0.15, 0.2) is 0 Å². The molecule has 2 rings (SSSR count). The molecule has 0 aliphatic heterocycles. The van der Waals surface area contributed by atoms with Gasteiger partial charge in [-0.05, 0) is 43.2 Å². The molecular formula is C16H24N2S. The number of hydrogen-bond donors (Lipinski definition) is 1. The largest absolute Gasteiger partial charge is 0.346 e. The van der Waals surface area contributed by atoms with E-state index in [1.165, 1.54) is 34.4 Å². The maximum Gasteiger partial charge on any atom is 0.0483 e. The van der Waals surface area contributed by atoms with Gasteiger partial charge in [0, 0.05) is 29.4 Å². The number of nitrogens with zero attached hydrogens (tertiary/aromatic N) is 1. The number of fused-ring (bicyclic) bond motifs is 1. The molecule has 2 nitrogen and oxygen atoms in total. The zero-order valence-corrected chi connectivity index (χ0v) is 12.6. The van der Waals surface area contributed by atoms with E-state index >= 15 is 0 Å². The molecule has 2 N–H and O–H groups in total. The molecule has 0 atom stereocenters. The third kappa shape index (κ3) is 3.77. The lowest BCUT2D eigenvalue weighted by molar-refractivity contribution is 0.739. The summed E-state index contributed by atoms with van der Waals surface area (Å²) in [6, 6.07) is 8.75. The highest BCUT2D eigenvalue weighted by atomic mass is 32.2. The van der Waals surface area contributed by atoms with E-state index in [0.717, 1.165) is 25.9 Å². The molecule has 2 aromatic rings. The van der Waals surface area contributed by atoms with Crippen molar-refractivity contribution >= 4 is 22.7 Å². The van der Waals surface area contributed by atoms with Crippen LogP contribution in [0.25, 0.3) is 10.9 Å². The molecule has 0 unspecified atom stereocenters. The van der Waals surface area contributed by atoms with E-state index in [9.17, 15) is 0 Å². The Morgan fingerprint density at radius 3 is 2.84 bits per heavy atom. The molecule has 0 saturated carbocycles. The number of aryl methyl sites for hydroxylation is 2. The summed E-state index contributed by atoms with van der Waals surface area (Å²) in [7, 11) is 0. The number of rotatable bonds is 8. The standard InChI is InChI=1S/C16H24N2S/c1-2-19-12-11-18-13-14(7-5-6-10-17)15-8-3-4-9-16(15)18/h3-4,8-9,13H,2,5-7,10-12,17H2,1H3. The van der Waals surface area contributed by atoms with Crippen molar-refractivity contribution in [3.63, 3.8) is 0 Å². The van der Waals surface area contributed by atoms with Gasteiger partial charge in [0.05, 0.1) is 0 Å². The summed E-state index contributed by atoms with van der Waals surface area (Å²) in [6.45, 7) is 4.12. The normalized spacial score (nSPS) is 11.3. The van der Waals surface area contributed by atoms with Gasteiger partial charge in [-0.1, -0.05) is 25.1 Å². The Hall–Kier alpha value is -0.930. The van der Waals surface area contributed by atoms with E-state index in [1.807, 2.05) is 11.8 Å². The third-order valence-corrected chi connectivity index (χ3v) is 4.33. The lowest BCUT2D eigenvalue weighted by Crippen LogP contribution is -1.99. The molecule has 0 amide bonds. The number of para-hydroxylation sites is 1. The SMILES string of the molecule is CCSCCn1cc(CCCCN)c2ccccc21. The number of hydrogen-bond acceptors (Lipinski definition) is 2. The van der Waals surface area contributed by atoms with Crippen molar-refractivity contribution in [1.29, 1.82) is 0 Å². The van der Waals surface area contributed by atoms with Crippen LogP contribution in [0.2, 0.25) is 0 Å². The third-order valence-electron chi connectivity index (χ3n) is 3.45. The molecule has 3 heteroatoms. The molecular weight excluding hydrogens is 252 g/mol. The van der Waals surface area contributed by atoms with Crippen LogP contribution in [-0.2, 0) is 13.0 Å². The monoisotopic (exact) mass is 276 g/mol. The van der Waals surface area contributed by atoms with E-state index in [0.29, 0.717) is 0 Å². The van der Waals surface area contributed by atoms with Crippen LogP contribution in [0.4, 0.5) is 0 Å². The van der Waals surface area contributed by atoms with Crippen LogP contribution < -0.4 is 5.73 Å². The Morgan fingerprint density at radius 1 is 1.21 bits per heavy atom. The van der Waals surface area contributed by atoms with Crippen LogP contribution >= 0.6 is 11.8 Å². The van der Waals surface area contributed by atoms with Crippen LogP contribution in [0.3, 0.4) is 0 Å². The van der Waals surface area contributed by atoms with Crippen molar-refractivity contribution in [2.75, 3.05) is 18.1 Å². The van der Waals surface area contributed by atoms with Gasteiger partial charge < -0.3 is 10.3 Å². The van der Waals surface area contributed by atoms with E-state index in [2.05, 4.69) is 42.0 Å². The maximum atomic E-state index is 5.58. The Morgan fingerprint density at radius 2 is 2.05 bits per heavy atom. The van der Waals surface area contributed by atoms with Gasteiger partial charge in [-0.3, -0.25) is 0 Å². The molecule has 0 bridgehead atoms. The summed E-state index contributed by atoms with van der Waals surface area (Å²) in [5.41, 5.74) is 8.44.